The van der Waals surface area contributed by atoms with Crippen molar-refractivity contribution in [3.63, 3.8) is 0 Å². The lowest BCUT2D eigenvalue weighted by atomic mass is 9.92. The normalized spacial score (nSPS) is 14.0. The van der Waals surface area contributed by atoms with Crippen LogP contribution in [0.5, 0.6) is 5.75 Å². The van der Waals surface area contributed by atoms with E-state index in [1.165, 1.54) is 43.2 Å². The molecule has 1 aliphatic rings. The van der Waals surface area contributed by atoms with Gasteiger partial charge in [0.25, 0.3) is 5.91 Å². The third-order valence-corrected chi connectivity index (χ3v) is 4.98. The van der Waals surface area contributed by atoms with Crippen LogP contribution in [0, 0.1) is 0 Å². The highest BCUT2D eigenvalue weighted by atomic mass is 35.5. The number of carbonyl (C=O) groups is 2. The van der Waals surface area contributed by atoms with E-state index in [9.17, 15) is 9.59 Å². The first-order chi connectivity index (χ1) is 13.0. The van der Waals surface area contributed by atoms with Gasteiger partial charge in [-0.15, -0.1) is 0 Å². The van der Waals surface area contributed by atoms with Gasteiger partial charge in [0.05, 0.1) is 23.4 Å². The lowest BCUT2D eigenvalue weighted by Crippen LogP contribution is -2.30. The minimum atomic E-state index is -0.718. The van der Waals surface area contributed by atoms with Gasteiger partial charge in [-0.25, -0.2) is 4.79 Å². The van der Waals surface area contributed by atoms with Crippen molar-refractivity contribution in [3.05, 3.63) is 58.1 Å². The Hall–Kier alpha value is -2.53. The van der Waals surface area contributed by atoms with Crippen LogP contribution in [-0.2, 0) is 22.4 Å². The molecule has 3 rings (SSSR count). The molecule has 0 radical (unpaired) electrons. The smallest absolute Gasteiger partial charge is 0.337 e. The molecule has 6 heteroatoms. The topological polar surface area (TPSA) is 64.6 Å². The molecule has 27 heavy (non-hydrogen) atoms. The number of halogens is 1. The zero-order valence-corrected chi connectivity index (χ0v) is 16.1. The second kappa shape index (κ2) is 8.44. The Balaban J connectivity index is 1.68. The summed E-state index contributed by atoms with van der Waals surface area (Å²) >= 11 is 6.12. The quantitative estimate of drug-likeness (QED) is 0.772. The Morgan fingerprint density at radius 2 is 1.81 bits per heavy atom. The van der Waals surface area contributed by atoms with Gasteiger partial charge in [0.2, 0.25) is 0 Å². The minimum Gasteiger partial charge on any atom is -0.481 e. The van der Waals surface area contributed by atoms with Gasteiger partial charge in [-0.3, -0.25) is 4.79 Å². The molecule has 1 aliphatic carbocycles. The van der Waals surface area contributed by atoms with Crippen LogP contribution in [0.3, 0.4) is 0 Å². The Morgan fingerprint density at radius 1 is 1.07 bits per heavy atom. The van der Waals surface area contributed by atoms with Gasteiger partial charge in [0.1, 0.15) is 5.75 Å². The monoisotopic (exact) mass is 387 g/mol. The standard InChI is InChI=1S/C21H22ClNO4/c1-13(27-17-9-7-14-5-3-4-6-15(14)11-17)20(24)23-19-12-16(21(25)26-2)8-10-18(19)22/h7-13H,3-6H2,1-2H3,(H,23,24)/t13-/m0/s1. The van der Waals surface area contributed by atoms with Gasteiger partial charge in [0, 0.05) is 0 Å². The fourth-order valence-corrected chi connectivity index (χ4v) is 3.31. The van der Waals surface area contributed by atoms with E-state index in [1.807, 2.05) is 12.1 Å². The van der Waals surface area contributed by atoms with Crippen molar-refractivity contribution >= 4 is 29.2 Å². The van der Waals surface area contributed by atoms with E-state index in [2.05, 4.69) is 16.1 Å². The summed E-state index contributed by atoms with van der Waals surface area (Å²) < 4.78 is 10.5. The summed E-state index contributed by atoms with van der Waals surface area (Å²) in [4.78, 5) is 24.2. The van der Waals surface area contributed by atoms with E-state index in [0.29, 0.717) is 22.0 Å². The van der Waals surface area contributed by atoms with E-state index in [0.717, 1.165) is 12.8 Å². The van der Waals surface area contributed by atoms with Crippen LogP contribution in [0.4, 0.5) is 5.69 Å². The Bertz CT molecular complexity index is 865. The molecule has 0 fully saturated rings. The number of nitrogens with one attached hydrogen (secondary N) is 1. The average molecular weight is 388 g/mol. The summed E-state index contributed by atoms with van der Waals surface area (Å²) in [6.07, 6.45) is 3.83. The van der Waals surface area contributed by atoms with Crippen molar-refractivity contribution in [2.75, 3.05) is 12.4 Å². The number of amides is 1. The summed E-state index contributed by atoms with van der Waals surface area (Å²) in [6.45, 7) is 1.67. The summed E-state index contributed by atoms with van der Waals surface area (Å²) in [5.74, 6) is -0.176. The predicted molar refractivity (Wildman–Crippen MR) is 105 cm³/mol. The van der Waals surface area contributed by atoms with E-state index >= 15 is 0 Å². The number of benzene rings is 2. The van der Waals surface area contributed by atoms with Gasteiger partial charge in [-0.2, -0.15) is 0 Å². The van der Waals surface area contributed by atoms with Crippen LogP contribution in [0.15, 0.2) is 36.4 Å². The van der Waals surface area contributed by atoms with Gasteiger partial charge in [-0.1, -0.05) is 17.7 Å². The van der Waals surface area contributed by atoms with E-state index < -0.39 is 12.1 Å². The van der Waals surface area contributed by atoms with Crippen molar-refractivity contribution in [1.82, 2.24) is 0 Å². The number of rotatable bonds is 5. The summed E-state index contributed by atoms with van der Waals surface area (Å²) in [5, 5.41) is 3.04. The largest absolute Gasteiger partial charge is 0.481 e. The van der Waals surface area contributed by atoms with Crippen molar-refractivity contribution in [1.29, 1.82) is 0 Å². The van der Waals surface area contributed by atoms with Crippen molar-refractivity contribution in [2.24, 2.45) is 0 Å². The first-order valence-corrected chi connectivity index (χ1v) is 9.33. The lowest BCUT2D eigenvalue weighted by Gasteiger charge is -2.19. The van der Waals surface area contributed by atoms with Crippen molar-refractivity contribution < 1.29 is 19.1 Å². The van der Waals surface area contributed by atoms with Gasteiger partial charge >= 0.3 is 5.97 Å². The van der Waals surface area contributed by atoms with Crippen LogP contribution in [0.2, 0.25) is 5.02 Å². The summed E-state index contributed by atoms with van der Waals surface area (Å²) in [6, 6.07) is 10.6. The lowest BCUT2D eigenvalue weighted by molar-refractivity contribution is -0.122. The highest BCUT2D eigenvalue weighted by molar-refractivity contribution is 6.33. The van der Waals surface area contributed by atoms with Crippen molar-refractivity contribution in [3.8, 4) is 5.75 Å². The highest BCUT2D eigenvalue weighted by Gasteiger charge is 2.18. The molecule has 1 atom stereocenters. The second-order valence-electron chi connectivity index (χ2n) is 6.57. The zero-order valence-electron chi connectivity index (χ0n) is 15.4. The molecule has 0 aromatic heterocycles. The van der Waals surface area contributed by atoms with Crippen LogP contribution in [0.25, 0.3) is 0 Å². The van der Waals surface area contributed by atoms with Gasteiger partial charge in [-0.05, 0) is 74.1 Å². The maximum atomic E-state index is 12.5. The number of hydrogen-bond acceptors (Lipinski definition) is 4. The minimum absolute atomic E-state index is 0.306. The third kappa shape index (κ3) is 4.61. The summed E-state index contributed by atoms with van der Waals surface area (Å²) in [7, 11) is 1.30. The SMILES string of the molecule is COC(=O)c1ccc(Cl)c(NC(=O)[C@H](C)Oc2ccc3c(c2)CCCC3)c1. The molecule has 0 bridgehead atoms. The molecular formula is C21H22ClNO4. The average Bonchev–Trinajstić information content (AvgIpc) is 2.68. The molecule has 0 spiro atoms. The number of aryl methyl sites for hydroxylation is 2. The van der Waals surface area contributed by atoms with Crippen LogP contribution < -0.4 is 10.1 Å². The number of ether oxygens (including phenoxy) is 2. The molecule has 1 amide bonds. The fraction of sp³-hybridized carbons (Fsp3) is 0.333. The predicted octanol–water partition coefficient (Wildman–Crippen LogP) is 4.41. The molecule has 0 saturated heterocycles. The maximum absolute atomic E-state index is 12.5. The molecular weight excluding hydrogens is 366 g/mol. The zero-order chi connectivity index (χ0) is 19.4. The number of hydrogen-bond donors (Lipinski definition) is 1. The van der Waals surface area contributed by atoms with Crippen LogP contribution in [-0.4, -0.2) is 25.1 Å². The summed E-state index contributed by atoms with van der Waals surface area (Å²) in [5.41, 5.74) is 3.29. The molecule has 0 aliphatic heterocycles. The highest BCUT2D eigenvalue weighted by Crippen LogP contribution is 2.27. The number of fused-ring (bicyclic) bond motifs is 1. The molecule has 5 nitrogen and oxygen atoms in total. The number of esters is 1. The maximum Gasteiger partial charge on any atom is 0.337 e. The van der Waals surface area contributed by atoms with Crippen molar-refractivity contribution in [2.45, 2.75) is 38.7 Å². The van der Waals surface area contributed by atoms with Crippen LogP contribution >= 0.6 is 11.6 Å². The van der Waals surface area contributed by atoms with E-state index in [4.69, 9.17) is 16.3 Å². The second-order valence-corrected chi connectivity index (χ2v) is 6.98. The van der Waals surface area contributed by atoms with E-state index in [-0.39, 0.29) is 5.91 Å². The molecule has 0 unspecified atom stereocenters. The molecule has 1 N–H and O–H groups in total. The molecule has 2 aromatic carbocycles. The molecule has 142 valence electrons. The van der Waals surface area contributed by atoms with Crippen LogP contribution in [0.1, 0.15) is 41.3 Å². The Kier molecular flexibility index (Phi) is 6.01. The third-order valence-electron chi connectivity index (χ3n) is 4.65. The van der Waals surface area contributed by atoms with Gasteiger partial charge in [0.15, 0.2) is 6.10 Å². The molecule has 2 aromatic rings. The first-order valence-electron chi connectivity index (χ1n) is 8.95. The number of anilines is 1. The van der Waals surface area contributed by atoms with E-state index in [1.54, 1.807) is 13.0 Å². The fourth-order valence-electron chi connectivity index (χ4n) is 3.14. The number of methoxy groups -OCH3 is 1. The Labute approximate surface area is 163 Å². The molecule has 0 heterocycles. The first kappa shape index (κ1) is 19.2. The Morgan fingerprint density at radius 3 is 2.56 bits per heavy atom. The van der Waals surface area contributed by atoms with Gasteiger partial charge < -0.3 is 14.8 Å². The number of carbonyl (C=O) groups excluding carboxylic acids is 2. The molecule has 0 saturated carbocycles.